The molecule has 1 aromatic carbocycles. The zero-order chi connectivity index (χ0) is 13.3. The van der Waals surface area contributed by atoms with Gasteiger partial charge in [-0.2, -0.15) is 0 Å². The Bertz CT molecular complexity index is 509. The van der Waals surface area contributed by atoms with E-state index in [4.69, 9.17) is 10.5 Å². The molecule has 0 unspecified atom stereocenters. The molecule has 0 radical (unpaired) electrons. The number of nitrogen functional groups attached to an aromatic ring is 1. The molecule has 1 fully saturated rings. The number of hydrogen-bond acceptors (Lipinski definition) is 5. The van der Waals surface area contributed by atoms with Gasteiger partial charge in [-0.25, -0.2) is 0 Å². The fraction of sp³-hybridized carbons (Fsp3) is 0.417. The smallest absolute Gasteiger partial charge is 0.316 e. The molecule has 2 N–H and O–H groups in total. The van der Waals surface area contributed by atoms with Crippen LogP contribution in [-0.4, -0.2) is 17.5 Å². The van der Waals surface area contributed by atoms with E-state index in [1.807, 2.05) is 0 Å². The van der Waals surface area contributed by atoms with Crippen LogP contribution in [0.2, 0.25) is 0 Å². The maximum Gasteiger partial charge on any atom is 0.316 e. The number of benzene rings is 1. The number of nitrogens with two attached hydrogens (primary N) is 1. The van der Waals surface area contributed by atoms with Crippen LogP contribution in [0.25, 0.3) is 0 Å². The van der Waals surface area contributed by atoms with Crippen LogP contribution >= 0.6 is 0 Å². The number of nitro groups is 1. The number of nitro benzene ring substituents is 1. The summed E-state index contributed by atoms with van der Waals surface area (Å²) >= 11 is 0. The van der Waals surface area contributed by atoms with E-state index in [1.54, 1.807) is 13.0 Å². The Labute approximate surface area is 104 Å². The molecule has 2 rings (SSSR count). The minimum atomic E-state index is -0.700. The number of ether oxygens (including phenoxy) is 1. The molecule has 1 aliphatic carbocycles. The van der Waals surface area contributed by atoms with E-state index in [9.17, 15) is 14.9 Å². The second-order valence-corrected chi connectivity index (χ2v) is 4.33. The topological polar surface area (TPSA) is 95.5 Å². The monoisotopic (exact) mass is 250 g/mol. The average Bonchev–Trinajstić information content (AvgIpc) is 3.11. The number of carbonyl (C=O) groups is 1. The standard InChI is InChI=1S/C12H14N2O4/c1-2-18-11(15)12(5-6-12)8-3-4-9(13)10(7-8)14(16)17/h3-4,7H,2,5-6,13H2,1H3. The van der Waals surface area contributed by atoms with Crippen molar-refractivity contribution in [2.75, 3.05) is 12.3 Å². The van der Waals surface area contributed by atoms with Crippen molar-refractivity contribution in [3.8, 4) is 0 Å². The summed E-state index contributed by atoms with van der Waals surface area (Å²) in [7, 11) is 0. The minimum Gasteiger partial charge on any atom is -0.465 e. The Hall–Kier alpha value is -2.11. The largest absolute Gasteiger partial charge is 0.465 e. The maximum atomic E-state index is 11.9. The van der Waals surface area contributed by atoms with Crippen molar-refractivity contribution in [2.24, 2.45) is 0 Å². The third-order valence-electron chi connectivity index (χ3n) is 3.20. The van der Waals surface area contributed by atoms with E-state index in [0.717, 1.165) is 0 Å². The van der Waals surface area contributed by atoms with Crippen LogP contribution in [0.5, 0.6) is 0 Å². The van der Waals surface area contributed by atoms with Gasteiger partial charge in [0.05, 0.1) is 16.9 Å². The molecular weight excluding hydrogens is 236 g/mol. The number of carbonyl (C=O) groups excluding carboxylic acids is 1. The second-order valence-electron chi connectivity index (χ2n) is 4.33. The normalized spacial score (nSPS) is 16.1. The number of nitrogens with zero attached hydrogens (tertiary/aromatic N) is 1. The van der Waals surface area contributed by atoms with Gasteiger partial charge in [-0.3, -0.25) is 14.9 Å². The van der Waals surface area contributed by atoms with Crippen molar-refractivity contribution in [1.82, 2.24) is 0 Å². The Balaban J connectivity index is 2.37. The lowest BCUT2D eigenvalue weighted by Gasteiger charge is -2.14. The van der Waals surface area contributed by atoms with Crippen LogP contribution in [0.3, 0.4) is 0 Å². The third-order valence-corrected chi connectivity index (χ3v) is 3.20. The zero-order valence-corrected chi connectivity index (χ0v) is 10.0. The first-order valence-corrected chi connectivity index (χ1v) is 5.73. The fourth-order valence-electron chi connectivity index (χ4n) is 2.00. The van der Waals surface area contributed by atoms with E-state index >= 15 is 0 Å². The molecule has 0 aliphatic heterocycles. The van der Waals surface area contributed by atoms with Gasteiger partial charge in [0, 0.05) is 6.07 Å². The Kier molecular flexibility index (Phi) is 2.94. The SMILES string of the molecule is CCOC(=O)C1(c2ccc(N)c([N+](=O)[O-])c2)CC1. The predicted molar refractivity (Wildman–Crippen MR) is 65.1 cm³/mol. The molecule has 96 valence electrons. The first-order valence-electron chi connectivity index (χ1n) is 5.73. The molecule has 1 aliphatic rings. The third kappa shape index (κ3) is 1.90. The summed E-state index contributed by atoms with van der Waals surface area (Å²) in [6.45, 7) is 2.04. The van der Waals surface area contributed by atoms with E-state index in [1.165, 1.54) is 12.1 Å². The van der Waals surface area contributed by atoms with Crippen molar-refractivity contribution in [3.63, 3.8) is 0 Å². The van der Waals surface area contributed by atoms with E-state index in [0.29, 0.717) is 25.0 Å². The van der Waals surface area contributed by atoms with Gasteiger partial charge in [0.1, 0.15) is 5.69 Å². The molecule has 6 heteroatoms. The van der Waals surface area contributed by atoms with Gasteiger partial charge in [-0.15, -0.1) is 0 Å². The lowest BCUT2D eigenvalue weighted by Crippen LogP contribution is -2.23. The summed E-state index contributed by atoms with van der Waals surface area (Å²) in [5.41, 5.74) is 5.38. The molecule has 1 aromatic rings. The van der Waals surface area contributed by atoms with E-state index < -0.39 is 10.3 Å². The predicted octanol–water partition coefficient (Wildman–Crippen LogP) is 1.77. The molecule has 0 saturated heterocycles. The quantitative estimate of drug-likeness (QED) is 0.380. The molecule has 0 heterocycles. The van der Waals surface area contributed by atoms with Gasteiger partial charge in [0.2, 0.25) is 0 Å². The van der Waals surface area contributed by atoms with Crippen LogP contribution < -0.4 is 5.73 Å². The summed E-state index contributed by atoms with van der Waals surface area (Å²) in [4.78, 5) is 22.2. The van der Waals surface area contributed by atoms with Crippen molar-refractivity contribution in [3.05, 3.63) is 33.9 Å². The van der Waals surface area contributed by atoms with Crippen LogP contribution in [-0.2, 0) is 14.9 Å². The van der Waals surface area contributed by atoms with Gasteiger partial charge in [-0.1, -0.05) is 6.07 Å². The first kappa shape index (κ1) is 12.3. The molecule has 6 nitrogen and oxygen atoms in total. The zero-order valence-electron chi connectivity index (χ0n) is 10.0. The molecule has 0 amide bonds. The van der Waals surface area contributed by atoms with Crippen LogP contribution in [0.15, 0.2) is 18.2 Å². The van der Waals surface area contributed by atoms with Gasteiger partial charge >= 0.3 is 5.97 Å². The molecule has 1 saturated carbocycles. The number of rotatable bonds is 4. The molecule has 0 bridgehead atoms. The average molecular weight is 250 g/mol. The highest BCUT2D eigenvalue weighted by molar-refractivity contribution is 5.87. The van der Waals surface area contributed by atoms with Crippen molar-refractivity contribution >= 4 is 17.3 Å². The summed E-state index contributed by atoms with van der Waals surface area (Å²) in [6, 6.07) is 4.50. The van der Waals surface area contributed by atoms with Crippen molar-refractivity contribution in [1.29, 1.82) is 0 Å². The summed E-state index contributed by atoms with van der Waals surface area (Å²) in [5, 5.41) is 10.8. The van der Waals surface area contributed by atoms with E-state index in [2.05, 4.69) is 0 Å². The van der Waals surface area contributed by atoms with Gasteiger partial charge in [0.25, 0.3) is 5.69 Å². The van der Waals surface area contributed by atoms with Crippen molar-refractivity contribution in [2.45, 2.75) is 25.2 Å². The summed E-state index contributed by atoms with van der Waals surface area (Å²) in [6.07, 6.45) is 1.32. The highest BCUT2D eigenvalue weighted by Gasteiger charge is 2.53. The number of esters is 1. The van der Waals surface area contributed by atoms with Gasteiger partial charge < -0.3 is 10.5 Å². The molecule has 0 aromatic heterocycles. The summed E-state index contributed by atoms with van der Waals surface area (Å²) < 4.78 is 5.01. The van der Waals surface area contributed by atoms with Crippen LogP contribution in [0.1, 0.15) is 25.3 Å². The second kappa shape index (κ2) is 4.29. The number of hydrogen-bond donors (Lipinski definition) is 1. The Morgan fingerprint density at radius 1 is 1.56 bits per heavy atom. The molecule has 0 atom stereocenters. The fourth-order valence-corrected chi connectivity index (χ4v) is 2.00. The highest BCUT2D eigenvalue weighted by atomic mass is 16.6. The summed E-state index contributed by atoms with van der Waals surface area (Å²) in [5.74, 6) is -0.316. The van der Waals surface area contributed by atoms with Gasteiger partial charge in [0.15, 0.2) is 0 Å². The lowest BCUT2D eigenvalue weighted by atomic mass is 9.95. The van der Waals surface area contributed by atoms with Crippen LogP contribution in [0.4, 0.5) is 11.4 Å². The maximum absolute atomic E-state index is 11.9. The Morgan fingerprint density at radius 2 is 2.22 bits per heavy atom. The first-order chi connectivity index (χ1) is 8.51. The van der Waals surface area contributed by atoms with Crippen molar-refractivity contribution < 1.29 is 14.5 Å². The molecular formula is C12H14N2O4. The Morgan fingerprint density at radius 3 is 2.72 bits per heavy atom. The minimum absolute atomic E-state index is 0.100. The highest BCUT2D eigenvalue weighted by Crippen LogP contribution is 2.50. The number of anilines is 1. The molecule has 18 heavy (non-hydrogen) atoms. The van der Waals surface area contributed by atoms with Gasteiger partial charge in [-0.05, 0) is 31.4 Å². The molecule has 0 spiro atoms. The lowest BCUT2D eigenvalue weighted by molar-refractivity contribution is -0.384. The van der Waals surface area contributed by atoms with Crippen LogP contribution in [0, 0.1) is 10.1 Å². The van der Waals surface area contributed by atoms with E-state index in [-0.39, 0.29) is 17.3 Å².